The third kappa shape index (κ3) is 2.83. The van der Waals surface area contributed by atoms with Crippen LogP contribution >= 0.6 is 0 Å². The minimum atomic E-state index is -1.16. The number of amides is 2. The molecule has 1 rings (SSSR count). The Morgan fingerprint density at radius 3 is 2.53 bits per heavy atom. The number of likely N-dealkylation sites (tertiary alicyclic amines) is 1. The molecular formula is C8H12N2O5. The summed E-state index contributed by atoms with van der Waals surface area (Å²) in [5.41, 5.74) is 0. The lowest BCUT2D eigenvalue weighted by atomic mass is 10.2. The van der Waals surface area contributed by atoms with Crippen molar-refractivity contribution < 1.29 is 24.6 Å². The van der Waals surface area contributed by atoms with Gasteiger partial charge in [0.1, 0.15) is 12.6 Å². The Morgan fingerprint density at radius 2 is 2.00 bits per heavy atom. The average Bonchev–Trinajstić information content (AvgIpc) is 2.62. The summed E-state index contributed by atoms with van der Waals surface area (Å²) < 4.78 is 0. The molecule has 0 aromatic rings. The van der Waals surface area contributed by atoms with Crippen LogP contribution in [-0.2, 0) is 9.59 Å². The first kappa shape index (κ1) is 11.3. The van der Waals surface area contributed by atoms with Crippen molar-refractivity contribution in [1.82, 2.24) is 10.2 Å². The molecule has 0 aliphatic carbocycles. The van der Waals surface area contributed by atoms with Crippen molar-refractivity contribution in [2.75, 3.05) is 13.1 Å². The molecule has 7 heteroatoms. The molecule has 84 valence electrons. The van der Waals surface area contributed by atoms with Gasteiger partial charge in [0.05, 0.1) is 0 Å². The van der Waals surface area contributed by atoms with E-state index in [-0.39, 0.29) is 0 Å². The zero-order chi connectivity index (χ0) is 11.4. The lowest BCUT2D eigenvalue weighted by Crippen LogP contribution is -2.47. The summed E-state index contributed by atoms with van der Waals surface area (Å²) in [7, 11) is 0. The molecule has 1 unspecified atom stereocenters. The lowest BCUT2D eigenvalue weighted by Gasteiger charge is -2.21. The van der Waals surface area contributed by atoms with Crippen molar-refractivity contribution in [3.05, 3.63) is 0 Å². The van der Waals surface area contributed by atoms with Crippen molar-refractivity contribution in [2.24, 2.45) is 0 Å². The number of nitrogens with one attached hydrogen (secondary N) is 1. The van der Waals surface area contributed by atoms with Crippen molar-refractivity contribution >= 4 is 18.0 Å². The Kier molecular flexibility index (Phi) is 3.48. The molecule has 0 aromatic carbocycles. The number of urea groups is 1. The number of carbonyl (C=O) groups is 3. The summed E-state index contributed by atoms with van der Waals surface area (Å²) >= 11 is 0. The highest BCUT2D eigenvalue weighted by atomic mass is 16.4. The van der Waals surface area contributed by atoms with E-state index >= 15 is 0 Å². The second-order valence-electron chi connectivity index (χ2n) is 3.24. The van der Waals surface area contributed by atoms with E-state index in [1.807, 2.05) is 0 Å². The highest BCUT2D eigenvalue weighted by Crippen LogP contribution is 2.16. The fourth-order valence-corrected chi connectivity index (χ4v) is 1.52. The predicted molar refractivity (Wildman–Crippen MR) is 48.4 cm³/mol. The monoisotopic (exact) mass is 216 g/mol. The molecular weight excluding hydrogens is 204 g/mol. The second kappa shape index (κ2) is 4.63. The van der Waals surface area contributed by atoms with E-state index in [0.29, 0.717) is 19.4 Å². The van der Waals surface area contributed by atoms with E-state index in [0.717, 1.165) is 4.90 Å². The molecule has 1 saturated heterocycles. The molecule has 1 atom stereocenters. The Labute approximate surface area is 85.7 Å². The van der Waals surface area contributed by atoms with Crippen LogP contribution < -0.4 is 5.32 Å². The summed E-state index contributed by atoms with van der Waals surface area (Å²) in [6.07, 6.45) is 1.04. The zero-order valence-corrected chi connectivity index (χ0v) is 7.97. The maximum Gasteiger partial charge on any atom is 0.326 e. The fourth-order valence-electron chi connectivity index (χ4n) is 1.52. The minimum absolute atomic E-state index is 0.350. The van der Waals surface area contributed by atoms with Gasteiger partial charge in [-0.15, -0.1) is 0 Å². The number of hydrogen-bond donors (Lipinski definition) is 3. The van der Waals surface area contributed by atoms with Crippen LogP contribution in [-0.4, -0.2) is 52.2 Å². The van der Waals surface area contributed by atoms with E-state index in [4.69, 9.17) is 10.2 Å². The first-order valence-electron chi connectivity index (χ1n) is 4.51. The van der Waals surface area contributed by atoms with Gasteiger partial charge in [0, 0.05) is 6.54 Å². The van der Waals surface area contributed by atoms with E-state index in [1.165, 1.54) is 0 Å². The number of rotatable bonds is 3. The average molecular weight is 216 g/mol. The smallest absolute Gasteiger partial charge is 0.326 e. The van der Waals surface area contributed by atoms with Crippen LogP contribution in [0.15, 0.2) is 0 Å². The van der Waals surface area contributed by atoms with Crippen molar-refractivity contribution in [3.63, 3.8) is 0 Å². The van der Waals surface area contributed by atoms with E-state index < -0.39 is 30.6 Å². The van der Waals surface area contributed by atoms with Crippen molar-refractivity contribution in [1.29, 1.82) is 0 Å². The van der Waals surface area contributed by atoms with Gasteiger partial charge in [-0.1, -0.05) is 0 Å². The van der Waals surface area contributed by atoms with Gasteiger partial charge in [-0.2, -0.15) is 0 Å². The van der Waals surface area contributed by atoms with Gasteiger partial charge < -0.3 is 20.4 Å². The molecule has 0 saturated carbocycles. The molecule has 0 radical (unpaired) electrons. The molecule has 1 heterocycles. The number of nitrogens with zero attached hydrogens (tertiary/aromatic N) is 1. The Balaban J connectivity index is 2.51. The molecule has 7 nitrogen and oxygen atoms in total. The van der Waals surface area contributed by atoms with E-state index in [1.54, 1.807) is 0 Å². The third-order valence-electron chi connectivity index (χ3n) is 2.19. The van der Waals surface area contributed by atoms with Crippen LogP contribution in [0.4, 0.5) is 4.79 Å². The minimum Gasteiger partial charge on any atom is -0.480 e. The second-order valence-corrected chi connectivity index (χ2v) is 3.24. The zero-order valence-electron chi connectivity index (χ0n) is 7.97. The number of hydrogen-bond acceptors (Lipinski definition) is 3. The highest BCUT2D eigenvalue weighted by molar-refractivity contribution is 5.85. The van der Waals surface area contributed by atoms with Crippen molar-refractivity contribution in [2.45, 2.75) is 18.9 Å². The number of carbonyl (C=O) groups excluding carboxylic acids is 1. The van der Waals surface area contributed by atoms with E-state index in [9.17, 15) is 14.4 Å². The topological polar surface area (TPSA) is 107 Å². The van der Waals surface area contributed by atoms with Gasteiger partial charge in [0.15, 0.2) is 0 Å². The van der Waals surface area contributed by atoms with Crippen LogP contribution in [0.1, 0.15) is 12.8 Å². The Morgan fingerprint density at radius 1 is 1.33 bits per heavy atom. The molecule has 0 spiro atoms. The summed E-state index contributed by atoms with van der Waals surface area (Å²) in [5.74, 6) is -2.22. The third-order valence-corrected chi connectivity index (χ3v) is 2.19. The Bertz CT molecular complexity index is 291. The molecule has 1 aliphatic rings. The quantitative estimate of drug-likeness (QED) is 0.580. The number of carboxylic acids is 2. The molecule has 0 bridgehead atoms. The molecule has 1 fully saturated rings. The van der Waals surface area contributed by atoms with Crippen LogP contribution in [0, 0.1) is 0 Å². The molecule has 1 aliphatic heterocycles. The standard InChI is InChI=1S/C8H12N2O5/c11-6(12)4-9-8(15)10-3-1-2-5(10)7(13)14/h5H,1-4H2,(H,9,15)(H,11,12)(H,13,14). The van der Waals surface area contributed by atoms with Crippen LogP contribution in [0.3, 0.4) is 0 Å². The molecule has 0 aromatic heterocycles. The highest BCUT2D eigenvalue weighted by Gasteiger charge is 2.33. The number of carboxylic acid groups (broad SMARTS) is 2. The van der Waals surface area contributed by atoms with Gasteiger partial charge >= 0.3 is 18.0 Å². The van der Waals surface area contributed by atoms with Crippen molar-refractivity contribution in [3.8, 4) is 0 Å². The van der Waals surface area contributed by atoms with E-state index in [2.05, 4.69) is 5.32 Å². The van der Waals surface area contributed by atoms with Crippen LogP contribution in [0.25, 0.3) is 0 Å². The molecule has 3 N–H and O–H groups in total. The normalized spacial score (nSPS) is 20.0. The summed E-state index contributed by atoms with van der Waals surface area (Å²) in [6, 6.07) is -1.47. The summed E-state index contributed by atoms with van der Waals surface area (Å²) in [6.45, 7) is -0.149. The first-order chi connectivity index (χ1) is 7.02. The maximum absolute atomic E-state index is 11.4. The maximum atomic E-state index is 11.4. The molecule has 15 heavy (non-hydrogen) atoms. The fraction of sp³-hybridized carbons (Fsp3) is 0.625. The molecule has 2 amide bonds. The first-order valence-corrected chi connectivity index (χ1v) is 4.51. The predicted octanol–water partition coefficient (Wildman–Crippen LogP) is -0.670. The van der Waals surface area contributed by atoms with Crippen LogP contribution in [0.5, 0.6) is 0 Å². The van der Waals surface area contributed by atoms with Gasteiger partial charge in [0.25, 0.3) is 0 Å². The number of aliphatic carboxylic acids is 2. The van der Waals surface area contributed by atoms with Gasteiger partial charge in [-0.25, -0.2) is 9.59 Å². The van der Waals surface area contributed by atoms with Crippen LogP contribution in [0.2, 0.25) is 0 Å². The largest absolute Gasteiger partial charge is 0.480 e. The van der Waals surface area contributed by atoms with Gasteiger partial charge in [0.2, 0.25) is 0 Å². The lowest BCUT2D eigenvalue weighted by molar-refractivity contribution is -0.141. The van der Waals surface area contributed by atoms with Gasteiger partial charge in [-0.3, -0.25) is 4.79 Å². The van der Waals surface area contributed by atoms with Gasteiger partial charge in [-0.05, 0) is 12.8 Å². The summed E-state index contributed by atoms with van der Waals surface area (Å²) in [4.78, 5) is 33.4. The Hall–Kier alpha value is -1.79. The SMILES string of the molecule is O=C(O)CNC(=O)N1CCCC1C(=O)O. The summed E-state index contributed by atoms with van der Waals surface area (Å²) in [5, 5.41) is 19.2.